The van der Waals surface area contributed by atoms with Gasteiger partial charge in [0.25, 0.3) is 0 Å². The van der Waals surface area contributed by atoms with Gasteiger partial charge in [-0.1, -0.05) is 23.3 Å². The molecule has 1 heterocycles. The van der Waals surface area contributed by atoms with Gasteiger partial charge >= 0.3 is 0 Å². The minimum absolute atomic E-state index is 0.0166. The first kappa shape index (κ1) is 17.8. The number of H-pyrrole nitrogens is 1. The van der Waals surface area contributed by atoms with Crippen molar-refractivity contribution in [1.29, 1.82) is 0 Å². The van der Waals surface area contributed by atoms with E-state index >= 15 is 0 Å². The number of hydrogen-bond donors (Lipinski definition) is 3. The zero-order valence-corrected chi connectivity index (χ0v) is 15.6. The third-order valence-corrected chi connectivity index (χ3v) is 6.24. The zero-order valence-electron chi connectivity index (χ0n) is 14.8. The molecule has 26 heavy (non-hydrogen) atoms. The molecule has 2 aliphatic carbocycles. The number of hydrogen-bond acceptors (Lipinski definition) is 3. The molecule has 2 unspecified atom stereocenters. The largest absolute Gasteiger partial charge is 0.398 e. The number of halogens is 1. The minimum atomic E-state index is -0.0166. The van der Waals surface area contributed by atoms with E-state index < -0.39 is 0 Å². The molecule has 0 fully saturated rings. The van der Waals surface area contributed by atoms with E-state index in [-0.39, 0.29) is 19.1 Å². The van der Waals surface area contributed by atoms with Gasteiger partial charge in [0.05, 0.1) is 11.1 Å². The Hall–Kier alpha value is -1.62. The highest BCUT2D eigenvalue weighted by molar-refractivity contribution is 6.31. The number of nitrogen functional groups attached to an aromatic ring is 1. The summed E-state index contributed by atoms with van der Waals surface area (Å²) in [4.78, 5) is 3.58. The standard InChI is InChI=1S/C21H25ClN2O2/c22-16-3-4-17-18(9-16)24-19-8-14-5-12(1-2-13(10-25)11-26)6-15(7-14)20(19)21(17)23/h3-5,9,13-15,25-26H,1-2,6-8,10-11H2,(H2,23,24)/p+1. The lowest BCUT2D eigenvalue weighted by atomic mass is 9.70. The number of pyridine rings is 1. The van der Waals surface area contributed by atoms with E-state index in [4.69, 9.17) is 17.3 Å². The van der Waals surface area contributed by atoms with E-state index in [1.807, 2.05) is 18.2 Å². The number of benzene rings is 1. The minimum Gasteiger partial charge on any atom is -0.398 e. The summed E-state index contributed by atoms with van der Waals surface area (Å²) in [5.41, 5.74) is 12.5. The quantitative estimate of drug-likeness (QED) is 0.704. The number of nitrogens with two attached hydrogens (primary N) is 1. The molecular formula is C21H26ClN2O2+. The van der Waals surface area contributed by atoms with Crippen LogP contribution in [0.2, 0.25) is 5.02 Å². The van der Waals surface area contributed by atoms with Gasteiger partial charge in [-0.3, -0.25) is 0 Å². The lowest BCUT2D eigenvalue weighted by Crippen LogP contribution is -2.30. The van der Waals surface area contributed by atoms with Crippen LogP contribution in [0.5, 0.6) is 0 Å². The van der Waals surface area contributed by atoms with Crippen LogP contribution < -0.4 is 10.7 Å². The van der Waals surface area contributed by atoms with Gasteiger partial charge in [0.2, 0.25) is 5.52 Å². The number of allylic oxidation sites excluding steroid dienone is 2. The normalized spacial score (nSPS) is 21.8. The van der Waals surface area contributed by atoms with Crippen molar-refractivity contribution in [3.8, 4) is 0 Å². The van der Waals surface area contributed by atoms with Crippen molar-refractivity contribution in [3.05, 3.63) is 46.1 Å². The Morgan fingerprint density at radius 2 is 2.04 bits per heavy atom. The molecule has 0 amide bonds. The molecule has 1 aromatic carbocycles. The first-order valence-electron chi connectivity index (χ1n) is 9.43. The van der Waals surface area contributed by atoms with Crippen LogP contribution in [0.15, 0.2) is 29.8 Å². The number of aliphatic hydroxyl groups is 2. The Bertz CT molecular complexity index is 861. The molecule has 0 spiro atoms. The van der Waals surface area contributed by atoms with Gasteiger partial charge in [0.1, 0.15) is 0 Å². The van der Waals surface area contributed by atoms with Crippen LogP contribution in [0.1, 0.15) is 42.9 Å². The van der Waals surface area contributed by atoms with Crippen molar-refractivity contribution >= 4 is 28.2 Å². The lowest BCUT2D eigenvalue weighted by molar-refractivity contribution is -0.360. The summed E-state index contributed by atoms with van der Waals surface area (Å²) in [6.07, 6.45) is 7.34. The highest BCUT2D eigenvalue weighted by Crippen LogP contribution is 2.46. The van der Waals surface area contributed by atoms with Crippen LogP contribution in [0.3, 0.4) is 0 Å². The molecule has 0 radical (unpaired) electrons. The van der Waals surface area contributed by atoms with E-state index in [9.17, 15) is 10.2 Å². The Labute approximate surface area is 158 Å². The molecule has 2 atom stereocenters. The van der Waals surface area contributed by atoms with Crippen LogP contribution in [-0.4, -0.2) is 23.4 Å². The van der Waals surface area contributed by atoms with Gasteiger partial charge in [-0.05, 0) is 49.7 Å². The van der Waals surface area contributed by atoms with Gasteiger partial charge in [0.15, 0.2) is 5.69 Å². The molecule has 4 rings (SSSR count). The average Bonchev–Trinajstić information content (AvgIpc) is 2.61. The summed E-state index contributed by atoms with van der Waals surface area (Å²) in [5.74, 6) is 0.962. The molecular weight excluding hydrogens is 348 g/mol. The summed E-state index contributed by atoms with van der Waals surface area (Å²) in [6.45, 7) is 0.103. The van der Waals surface area contributed by atoms with Gasteiger partial charge in [0, 0.05) is 42.2 Å². The van der Waals surface area contributed by atoms with Crippen molar-refractivity contribution in [2.24, 2.45) is 11.8 Å². The molecule has 1 aromatic heterocycles. The molecule has 5 N–H and O–H groups in total. The summed E-state index contributed by atoms with van der Waals surface area (Å²) in [7, 11) is 0. The highest BCUT2D eigenvalue weighted by Gasteiger charge is 2.36. The number of aromatic nitrogens is 1. The fourth-order valence-electron chi connectivity index (χ4n) is 4.69. The van der Waals surface area contributed by atoms with E-state index in [0.29, 0.717) is 16.9 Å². The third-order valence-electron chi connectivity index (χ3n) is 6.00. The molecule has 4 nitrogen and oxygen atoms in total. The second kappa shape index (κ2) is 7.18. The van der Waals surface area contributed by atoms with Crippen molar-refractivity contribution in [2.45, 2.75) is 38.0 Å². The van der Waals surface area contributed by atoms with Gasteiger partial charge in [-0.2, -0.15) is 0 Å². The molecule has 0 saturated carbocycles. The summed E-state index contributed by atoms with van der Waals surface area (Å²) < 4.78 is 0. The number of nitrogens with one attached hydrogen (secondary N) is 1. The van der Waals surface area contributed by atoms with E-state index in [0.717, 1.165) is 48.7 Å². The maximum absolute atomic E-state index is 9.29. The molecule has 0 saturated heterocycles. The number of aromatic amines is 1. The topological polar surface area (TPSA) is 80.6 Å². The fourth-order valence-corrected chi connectivity index (χ4v) is 4.87. The Balaban J connectivity index is 1.63. The van der Waals surface area contributed by atoms with Gasteiger partial charge < -0.3 is 15.9 Å². The van der Waals surface area contributed by atoms with E-state index in [1.165, 1.54) is 16.8 Å². The van der Waals surface area contributed by atoms with Crippen molar-refractivity contribution in [2.75, 3.05) is 18.9 Å². The monoisotopic (exact) mass is 373 g/mol. The summed E-state index contributed by atoms with van der Waals surface area (Å²) >= 11 is 6.15. The lowest BCUT2D eigenvalue weighted by Gasteiger charge is -2.34. The Morgan fingerprint density at radius 1 is 1.23 bits per heavy atom. The van der Waals surface area contributed by atoms with Crippen molar-refractivity contribution in [1.82, 2.24) is 0 Å². The molecule has 138 valence electrons. The van der Waals surface area contributed by atoms with E-state index in [1.54, 1.807) is 0 Å². The molecule has 2 aliphatic rings. The number of anilines is 1. The second-order valence-electron chi connectivity index (χ2n) is 7.82. The van der Waals surface area contributed by atoms with Gasteiger partial charge in [-0.25, -0.2) is 4.98 Å². The summed E-state index contributed by atoms with van der Waals surface area (Å²) in [6, 6.07) is 5.84. The molecule has 5 heteroatoms. The van der Waals surface area contributed by atoms with E-state index in [2.05, 4.69) is 11.1 Å². The van der Waals surface area contributed by atoms with Gasteiger partial charge in [-0.15, -0.1) is 0 Å². The Kier molecular flexibility index (Phi) is 4.91. The van der Waals surface area contributed by atoms with Crippen LogP contribution in [0, 0.1) is 11.8 Å². The number of fused-ring (bicyclic) bond motifs is 5. The third kappa shape index (κ3) is 3.22. The van der Waals surface area contributed by atoms with Crippen LogP contribution in [0.4, 0.5) is 5.69 Å². The Morgan fingerprint density at radius 3 is 2.81 bits per heavy atom. The SMILES string of the molecule is Nc1c2c([nH+]c3cc(Cl)ccc13)CC1C=C(CCC(CO)CO)CC2C1. The predicted octanol–water partition coefficient (Wildman–Crippen LogP) is 3.25. The highest BCUT2D eigenvalue weighted by atomic mass is 35.5. The maximum Gasteiger partial charge on any atom is 0.214 e. The fraction of sp³-hybridized carbons (Fsp3) is 0.476. The predicted molar refractivity (Wildman–Crippen MR) is 104 cm³/mol. The van der Waals surface area contributed by atoms with Crippen LogP contribution in [0.25, 0.3) is 10.9 Å². The smallest absolute Gasteiger partial charge is 0.214 e. The average molecular weight is 374 g/mol. The molecule has 0 aliphatic heterocycles. The first-order chi connectivity index (χ1) is 12.6. The molecule has 2 aromatic rings. The summed E-state index contributed by atoms with van der Waals surface area (Å²) in [5, 5.41) is 20.3. The van der Waals surface area contributed by atoms with Crippen LogP contribution in [-0.2, 0) is 6.42 Å². The van der Waals surface area contributed by atoms with Crippen molar-refractivity contribution in [3.63, 3.8) is 0 Å². The second-order valence-corrected chi connectivity index (χ2v) is 8.25. The van der Waals surface area contributed by atoms with Crippen LogP contribution >= 0.6 is 11.6 Å². The van der Waals surface area contributed by atoms with Crippen molar-refractivity contribution < 1.29 is 15.2 Å². The molecule has 2 bridgehead atoms. The first-order valence-corrected chi connectivity index (χ1v) is 9.81. The zero-order chi connectivity index (χ0) is 18.3. The maximum atomic E-state index is 9.29. The number of rotatable bonds is 5. The number of aliphatic hydroxyl groups excluding tert-OH is 2.